The summed E-state index contributed by atoms with van der Waals surface area (Å²) in [5.41, 5.74) is 0.0303. The molecule has 3 aliphatic rings. The van der Waals surface area contributed by atoms with Gasteiger partial charge in [0.1, 0.15) is 0 Å². The molecule has 0 bridgehead atoms. The van der Waals surface area contributed by atoms with E-state index in [9.17, 15) is 8.42 Å². The molecule has 0 amide bonds. The first-order valence-electron chi connectivity index (χ1n) is 6.28. The third-order valence-corrected chi connectivity index (χ3v) is 6.45. The number of hydrogen-bond acceptors (Lipinski definition) is 3. The number of sulfonamides is 1. The molecule has 6 heteroatoms. The van der Waals surface area contributed by atoms with Crippen LogP contribution in [0.2, 0.25) is 0 Å². The van der Waals surface area contributed by atoms with Crippen LogP contribution in [0.4, 0.5) is 0 Å². The second-order valence-corrected chi connectivity index (χ2v) is 7.74. The van der Waals surface area contributed by atoms with Crippen LogP contribution in [0, 0.1) is 11.3 Å². The highest BCUT2D eigenvalue weighted by atomic mass is 35.5. The number of nitrogens with one attached hydrogen (secondary N) is 1. The summed E-state index contributed by atoms with van der Waals surface area (Å²) in [5, 5.41) is 3.30. The van der Waals surface area contributed by atoms with Crippen molar-refractivity contribution in [2.45, 2.75) is 25.7 Å². The average molecular weight is 281 g/mol. The summed E-state index contributed by atoms with van der Waals surface area (Å²) in [6.45, 7) is 3.41. The number of rotatable bonds is 2. The van der Waals surface area contributed by atoms with Crippen molar-refractivity contribution in [1.82, 2.24) is 9.62 Å². The van der Waals surface area contributed by atoms with Crippen molar-refractivity contribution in [3.63, 3.8) is 0 Å². The van der Waals surface area contributed by atoms with E-state index in [2.05, 4.69) is 5.32 Å². The molecule has 1 spiro atoms. The van der Waals surface area contributed by atoms with Gasteiger partial charge in [-0.2, -0.15) is 0 Å². The van der Waals surface area contributed by atoms with Crippen molar-refractivity contribution < 1.29 is 8.42 Å². The highest BCUT2D eigenvalue weighted by molar-refractivity contribution is 7.89. The summed E-state index contributed by atoms with van der Waals surface area (Å²) in [5.74, 6) is 1.01. The lowest BCUT2D eigenvalue weighted by atomic mass is 9.84. The van der Waals surface area contributed by atoms with Crippen LogP contribution in [-0.4, -0.2) is 44.7 Å². The molecule has 100 valence electrons. The fourth-order valence-electron chi connectivity index (χ4n) is 3.19. The largest absolute Gasteiger partial charge is 0.316 e. The summed E-state index contributed by atoms with van der Waals surface area (Å²) < 4.78 is 26.0. The minimum atomic E-state index is -2.96. The third-order valence-electron chi connectivity index (χ3n) is 4.41. The summed E-state index contributed by atoms with van der Waals surface area (Å²) >= 11 is 0. The molecule has 1 unspecified atom stereocenters. The van der Waals surface area contributed by atoms with E-state index in [1.54, 1.807) is 4.31 Å². The Morgan fingerprint density at radius 3 is 2.65 bits per heavy atom. The lowest BCUT2D eigenvalue weighted by Gasteiger charge is -2.29. The van der Waals surface area contributed by atoms with Crippen LogP contribution < -0.4 is 5.32 Å². The van der Waals surface area contributed by atoms with Gasteiger partial charge >= 0.3 is 0 Å². The van der Waals surface area contributed by atoms with Gasteiger partial charge in [-0.1, -0.05) is 6.42 Å². The Bertz CT molecular complexity index is 375. The maximum Gasteiger partial charge on any atom is 0.214 e. The molecule has 0 aromatic rings. The summed E-state index contributed by atoms with van der Waals surface area (Å²) in [4.78, 5) is 0. The molecule has 1 N–H and O–H groups in total. The van der Waals surface area contributed by atoms with Gasteiger partial charge in [-0.05, 0) is 31.7 Å². The predicted octanol–water partition coefficient (Wildman–Crippen LogP) is 0.833. The van der Waals surface area contributed by atoms with Gasteiger partial charge in [0.15, 0.2) is 0 Å². The Morgan fingerprint density at radius 2 is 2.12 bits per heavy atom. The van der Waals surface area contributed by atoms with Crippen molar-refractivity contribution in [2.24, 2.45) is 11.3 Å². The molecule has 0 radical (unpaired) electrons. The van der Waals surface area contributed by atoms with Crippen LogP contribution in [0.5, 0.6) is 0 Å². The molecule has 1 aliphatic carbocycles. The Balaban J connectivity index is 0.00000108. The smallest absolute Gasteiger partial charge is 0.214 e. The highest BCUT2D eigenvalue weighted by Crippen LogP contribution is 2.38. The van der Waals surface area contributed by atoms with Crippen molar-refractivity contribution >= 4 is 22.4 Å². The monoisotopic (exact) mass is 280 g/mol. The first-order chi connectivity index (χ1) is 7.60. The Morgan fingerprint density at radius 1 is 1.35 bits per heavy atom. The van der Waals surface area contributed by atoms with E-state index in [-0.39, 0.29) is 17.8 Å². The third kappa shape index (κ3) is 2.48. The maximum absolute atomic E-state index is 12.1. The van der Waals surface area contributed by atoms with Gasteiger partial charge in [-0.25, -0.2) is 12.7 Å². The standard InChI is InChI=1S/C11H20N2O2S.ClH/c14-16(15)9-11(4-5-12-7-11)8-13(16)6-10-2-1-3-10;/h10,12H,1-9H2;1H. The van der Waals surface area contributed by atoms with Gasteiger partial charge in [-0.15, -0.1) is 12.4 Å². The zero-order chi connectivity index (χ0) is 11.2. The predicted molar refractivity (Wildman–Crippen MR) is 69.9 cm³/mol. The van der Waals surface area contributed by atoms with Crippen LogP contribution in [0.1, 0.15) is 25.7 Å². The van der Waals surface area contributed by atoms with Crippen LogP contribution in [0.15, 0.2) is 0 Å². The van der Waals surface area contributed by atoms with Crippen molar-refractivity contribution in [3.05, 3.63) is 0 Å². The molecule has 1 atom stereocenters. The molecule has 4 nitrogen and oxygen atoms in total. The topological polar surface area (TPSA) is 49.4 Å². The van der Waals surface area contributed by atoms with E-state index in [0.717, 1.165) is 32.6 Å². The van der Waals surface area contributed by atoms with Gasteiger partial charge in [0, 0.05) is 25.0 Å². The molecule has 1 saturated carbocycles. The summed E-state index contributed by atoms with van der Waals surface area (Å²) in [6, 6.07) is 0. The zero-order valence-corrected chi connectivity index (χ0v) is 11.7. The van der Waals surface area contributed by atoms with Gasteiger partial charge in [0.2, 0.25) is 10.0 Å². The molecule has 2 saturated heterocycles. The minimum Gasteiger partial charge on any atom is -0.316 e. The van der Waals surface area contributed by atoms with Crippen LogP contribution >= 0.6 is 12.4 Å². The Hall–Kier alpha value is 0.160. The van der Waals surface area contributed by atoms with E-state index < -0.39 is 10.0 Å². The Kier molecular flexibility index (Phi) is 3.74. The van der Waals surface area contributed by atoms with Crippen LogP contribution in [0.25, 0.3) is 0 Å². The van der Waals surface area contributed by atoms with E-state index in [4.69, 9.17) is 0 Å². The van der Waals surface area contributed by atoms with Crippen molar-refractivity contribution in [3.8, 4) is 0 Å². The summed E-state index contributed by atoms with van der Waals surface area (Å²) in [7, 11) is -2.96. The van der Waals surface area contributed by atoms with Gasteiger partial charge < -0.3 is 5.32 Å². The second-order valence-electron chi connectivity index (χ2n) is 5.77. The highest BCUT2D eigenvalue weighted by Gasteiger charge is 2.49. The zero-order valence-electron chi connectivity index (χ0n) is 10.0. The van der Waals surface area contributed by atoms with Gasteiger partial charge in [0.05, 0.1) is 5.75 Å². The number of halogens is 1. The quantitative estimate of drug-likeness (QED) is 0.815. The summed E-state index contributed by atoms with van der Waals surface area (Å²) in [6.07, 6.45) is 4.74. The first-order valence-corrected chi connectivity index (χ1v) is 7.89. The first kappa shape index (κ1) is 13.6. The number of nitrogens with zero attached hydrogens (tertiary/aromatic N) is 1. The molecular weight excluding hydrogens is 260 g/mol. The second kappa shape index (κ2) is 4.68. The fourth-order valence-corrected chi connectivity index (χ4v) is 5.39. The normalized spacial score (nSPS) is 36.9. The van der Waals surface area contributed by atoms with E-state index in [1.807, 2.05) is 0 Å². The molecule has 2 heterocycles. The number of hydrogen-bond donors (Lipinski definition) is 1. The molecule has 17 heavy (non-hydrogen) atoms. The van der Waals surface area contributed by atoms with Crippen molar-refractivity contribution in [1.29, 1.82) is 0 Å². The lowest BCUT2D eigenvalue weighted by Crippen LogP contribution is -2.35. The molecule has 0 aromatic carbocycles. The van der Waals surface area contributed by atoms with E-state index in [1.165, 1.54) is 19.3 Å². The van der Waals surface area contributed by atoms with Gasteiger partial charge in [0.25, 0.3) is 0 Å². The Labute approximate surface area is 110 Å². The van der Waals surface area contributed by atoms with Crippen LogP contribution in [-0.2, 0) is 10.0 Å². The molecule has 3 rings (SSSR count). The van der Waals surface area contributed by atoms with Crippen LogP contribution in [0.3, 0.4) is 0 Å². The fraction of sp³-hybridized carbons (Fsp3) is 1.00. The maximum atomic E-state index is 12.1. The molecule has 2 aliphatic heterocycles. The molecule has 0 aromatic heterocycles. The SMILES string of the molecule is Cl.O=S1(=O)CC2(CCNC2)CN1CC1CCC1. The molecule has 3 fully saturated rings. The lowest BCUT2D eigenvalue weighted by molar-refractivity contribution is 0.222. The van der Waals surface area contributed by atoms with E-state index >= 15 is 0 Å². The van der Waals surface area contributed by atoms with E-state index in [0.29, 0.717) is 11.7 Å². The molecular formula is C11H21ClN2O2S. The average Bonchev–Trinajstić information content (AvgIpc) is 2.65. The van der Waals surface area contributed by atoms with Crippen molar-refractivity contribution in [2.75, 3.05) is 31.9 Å². The van der Waals surface area contributed by atoms with Gasteiger partial charge in [-0.3, -0.25) is 0 Å². The minimum absolute atomic E-state index is 0.